The third-order valence-electron chi connectivity index (χ3n) is 5.72. The third kappa shape index (κ3) is 7.49. The number of benzene rings is 2. The number of hydrogen-bond acceptors (Lipinski definition) is 9. The van der Waals surface area contributed by atoms with Crippen LogP contribution in [-0.2, 0) is 20.7 Å². The van der Waals surface area contributed by atoms with E-state index in [1.807, 2.05) is 35.2 Å². The van der Waals surface area contributed by atoms with Crippen molar-refractivity contribution in [3.63, 3.8) is 0 Å². The lowest BCUT2D eigenvalue weighted by atomic mass is 10.0. The van der Waals surface area contributed by atoms with Gasteiger partial charge in [0, 0.05) is 37.9 Å². The van der Waals surface area contributed by atoms with E-state index in [2.05, 4.69) is 20.8 Å². The van der Waals surface area contributed by atoms with Crippen LogP contribution in [0.25, 0.3) is 10.6 Å². The lowest BCUT2D eigenvalue weighted by Crippen LogP contribution is -2.41. The van der Waals surface area contributed by atoms with Gasteiger partial charge in [0.05, 0.1) is 44.0 Å². The monoisotopic (exact) mass is 523 g/mol. The van der Waals surface area contributed by atoms with Crippen LogP contribution in [0.1, 0.15) is 25.7 Å². The summed E-state index contributed by atoms with van der Waals surface area (Å²) in [5, 5.41) is 15.3. The number of nitrogens with one attached hydrogen (secondary N) is 2. The summed E-state index contributed by atoms with van der Waals surface area (Å²) in [7, 11) is 1.55. The van der Waals surface area contributed by atoms with Gasteiger partial charge in [-0.2, -0.15) is 0 Å². The maximum Gasteiger partial charge on any atom is 0.253 e. The fourth-order valence-corrected chi connectivity index (χ4v) is 4.64. The first-order valence-corrected chi connectivity index (χ1v) is 12.8. The first kappa shape index (κ1) is 26.6. The molecule has 194 valence electrons. The molecule has 1 aliphatic heterocycles. The second-order valence-electron chi connectivity index (χ2n) is 8.41. The second-order valence-corrected chi connectivity index (χ2v) is 9.47. The summed E-state index contributed by atoms with van der Waals surface area (Å²) in [6, 6.07) is 14.3. The molecule has 2 amide bonds. The maximum atomic E-state index is 13.1. The van der Waals surface area contributed by atoms with Crippen LogP contribution in [0.15, 0.2) is 48.5 Å². The van der Waals surface area contributed by atoms with E-state index in [9.17, 15) is 14.4 Å². The minimum absolute atomic E-state index is 0.0606. The number of amides is 2. The number of methoxy groups -OCH3 is 1. The van der Waals surface area contributed by atoms with E-state index >= 15 is 0 Å². The van der Waals surface area contributed by atoms with E-state index < -0.39 is 0 Å². The van der Waals surface area contributed by atoms with Gasteiger partial charge >= 0.3 is 0 Å². The molecule has 1 fully saturated rings. The minimum Gasteiger partial charge on any atom is -0.383 e. The van der Waals surface area contributed by atoms with Crippen LogP contribution in [0, 0.1) is 0 Å². The molecule has 1 aromatic heterocycles. The van der Waals surface area contributed by atoms with E-state index in [0.29, 0.717) is 50.0 Å². The van der Waals surface area contributed by atoms with Crippen molar-refractivity contribution in [2.45, 2.75) is 6.42 Å². The zero-order valence-corrected chi connectivity index (χ0v) is 21.4. The van der Waals surface area contributed by atoms with Gasteiger partial charge in [-0.15, -0.1) is 10.2 Å². The molecule has 2 aromatic carbocycles. The van der Waals surface area contributed by atoms with Crippen molar-refractivity contribution in [1.82, 2.24) is 20.4 Å². The molecule has 0 radical (unpaired) electrons. The Bertz CT molecular complexity index is 1230. The van der Waals surface area contributed by atoms with Crippen molar-refractivity contribution < 1.29 is 23.9 Å². The van der Waals surface area contributed by atoms with Crippen LogP contribution in [0.2, 0.25) is 0 Å². The quantitative estimate of drug-likeness (QED) is 0.290. The standard InChI is InChI=1S/C26H29N5O5S/c1-35-12-9-27-25(34)20-8-7-19(15-21(20)28-23(33)17-31-10-13-36-14-11-31)22(32)16-24-29-30-26(37-24)18-5-3-2-4-6-18/h2-8,15H,9-14,16-17H2,1H3,(H,27,34)(H,28,33). The van der Waals surface area contributed by atoms with E-state index in [0.717, 1.165) is 10.6 Å². The van der Waals surface area contributed by atoms with Crippen molar-refractivity contribution in [3.8, 4) is 10.6 Å². The van der Waals surface area contributed by atoms with Crippen LogP contribution in [-0.4, -0.2) is 85.8 Å². The Morgan fingerprint density at radius 1 is 1.08 bits per heavy atom. The summed E-state index contributed by atoms with van der Waals surface area (Å²) in [6.45, 7) is 3.29. The first-order chi connectivity index (χ1) is 18.0. The molecule has 0 saturated carbocycles. The highest BCUT2D eigenvalue weighted by Gasteiger charge is 2.20. The molecule has 10 nitrogen and oxygen atoms in total. The summed E-state index contributed by atoms with van der Waals surface area (Å²) >= 11 is 1.36. The number of rotatable bonds is 11. The van der Waals surface area contributed by atoms with Crippen LogP contribution in [0.3, 0.4) is 0 Å². The molecule has 11 heteroatoms. The molecule has 1 aliphatic rings. The van der Waals surface area contributed by atoms with Gasteiger partial charge in [-0.1, -0.05) is 47.7 Å². The second kappa shape index (κ2) is 13.2. The minimum atomic E-state index is -0.366. The van der Waals surface area contributed by atoms with Crippen LogP contribution in [0.5, 0.6) is 0 Å². The highest BCUT2D eigenvalue weighted by molar-refractivity contribution is 7.14. The topological polar surface area (TPSA) is 123 Å². The Labute approximate surface area is 219 Å². The van der Waals surface area contributed by atoms with Crippen molar-refractivity contribution >= 4 is 34.6 Å². The van der Waals surface area contributed by atoms with Gasteiger partial charge in [0.25, 0.3) is 5.91 Å². The lowest BCUT2D eigenvalue weighted by Gasteiger charge is -2.26. The summed E-state index contributed by atoms with van der Waals surface area (Å²) in [6.07, 6.45) is 0.0606. The zero-order valence-electron chi connectivity index (χ0n) is 20.6. The molecule has 37 heavy (non-hydrogen) atoms. The van der Waals surface area contributed by atoms with E-state index in [1.165, 1.54) is 11.3 Å². The SMILES string of the molecule is COCCNC(=O)c1ccc(C(=O)Cc2nnc(-c3ccccc3)s2)cc1NC(=O)CN1CCOCC1. The predicted octanol–water partition coefficient (Wildman–Crippen LogP) is 2.28. The number of ketones is 1. The van der Waals surface area contributed by atoms with Crippen LogP contribution in [0.4, 0.5) is 5.69 Å². The van der Waals surface area contributed by atoms with E-state index in [1.54, 1.807) is 25.3 Å². The molecule has 0 atom stereocenters. The predicted molar refractivity (Wildman–Crippen MR) is 140 cm³/mol. The van der Waals surface area contributed by atoms with Crippen LogP contribution < -0.4 is 10.6 Å². The van der Waals surface area contributed by atoms with Gasteiger partial charge in [-0.05, 0) is 12.1 Å². The fraction of sp³-hybridized carbons (Fsp3) is 0.346. The average Bonchev–Trinajstić information content (AvgIpc) is 3.38. The molecular formula is C26H29N5O5S. The Kier molecular flexibility index (Phi) is 9.44. The summed E-state index contributed by atoms with van der Waals surface area (Å²) < 4.78 is 10.3. The van der Waals surface area contributed by atoms with Crippen molar-refractivity contribution in [2.24, 2.45) is 0 Å². The number of hydrogen-bond donors (Lipinski definition) is 2. The molecule has 0 aliphatic carbocycles. The summed E-state index contributed by atoms with van der Waals surface area (Å²) in [5.41, 5.74) is 1.85. The molecular weight excluding hydrogens is 494 g/mol. The van der Waals surface area contributed by atoms with Gasteiger partial charge in [-0.25, -0.2) is 0 Å². The molecule has 3 aromatic rings. The maximum absolute atomic E-state index is 13.1. The molecule has 2 heterocycles. The van der Waals surface area contributed by atoms with Gasteiger partial charge in [0.1, 0.15) is 10.0 Å². The number of ether oxygens (including phenoxy) is 2. The molecule has 0 unspecified atom stereocenters. The number of nitrogens with zero attached hydrogens (tertiary/aromatic N) is 3. The molecule has 2 N–H and O–H groups in total. The number of Topliss-reactive ketones (excluding diaryl/α,β-unsaturated/α-hetero) is 1. The Morgan fingerprint density at radius 3 is 2.62 bits per heavy atom. The lowest BCUT2D eigenvalue weighted by molar-refractivity contribution is -0.118. The highest BCUT2D eigenvalue weighted by atomic mass is 32.1. The molecule has 4 rings (SSSR count). The van der Waals surface area contributed by atoms with Gasteiger partial charge in [0.15, 0.2) is 5.78 Å². The largest absolute Gasteiger partial charge is 0.383 e. The van der Waals surface area contributed by atoms with Crippen LogP contribution >= 0.6 is 11.3 Å². The van der Waals surface area contributed by atoms with Gasteiger partial charge in [0.2, 0.25) is 5.91 Å². The summed E-state index contributed by atoms with van der Waals surface area (Å²) in [5.74, 6) is -0.825. The van der Waals surface area contributed by atoms with E-state index in [-0.39, 0.29) is 41.8 Å². The molecule has 0 bridgehead atoms. The van der Waals surface area contributed by atoms with Gasteiger partial charge < -0.3 is 20.1 Å². The molecule has 0 spiro atoms. The number of anilines is 1. The highest BCUT2D eigenvalue weighted by Crippen LogP contribution is 2.25. The van der Waals surface area contributed by atoms with Crippen molar-refractivity contribution in [2.75, 3.05) is 58.4 Å². The normalized spacial score (nSPS) is 13.8. The third-order valence-corrected chi connectivity index (χ3v) is 6.69. The molecule has 1 saturated heterocycles. The number of carbonyl (C=O) groups is 3. The number of morpholine rings is 1. The summed E-state index contributed by atoms with van der Waals surface area (Å²) in [4.78, 5) is 40.6. The fourth-order valence-electron chi connectivity index (χ4n) is 3.79. The number of aromatic nitrogens is 2. The first-order valence-electron chi connectivity index (χ1n) is 12.0. The van der Waals surface area contributed by atoms with Crippen molar-refractivity contribution in [1.29, 1.82) is 0 Å². The average molecular weight is 524 g/mol. The Hall–Kier alpha value is -3.51. The van der Waals surface area contributed by atoms with Crippen molar-refractivity contribution in [3.05, 3.63) is 64.7 Å². The van der Waals surface area contributed by atoms with Gasteiger partial charge in [-0.3, -0.25) is 19.3 Å². The number of carbonyl (C=O) groups excluding carboxylic acids is 3. The Morgan fingerprint density at radius 2 is 1.86 bits per heavy atom. The zero-order chi connectivity index (χ0) is 26.0. The van der Waals surface area contributed by atoms with E-state index in [4.69, 9.17) is 9.47 Å². The smallest absolute Gasteiger partial charge is 0.253 e. The Balaban J connectivity index is 1.49.